The first-order chi connectivity index (χ1) is 14.0. The maximum atomic E-state index is 12.8. The molecule has 0 saturated carbocycles. The number of rotatable bonds is 7. The number of piperidine rings is 1. The van der Waals surface area contributed by atoms with E-state index in [9.17, 15) is 9.59 Å². The third-order valence-corrected chi connectivity index (χ3v) is 5.56. The SMILES string of the molecule is CCN(CC)C(=O)c1cn(CC2CCCN(C(=O)Cc3cccc(C)c3)C2)nn1. The van der Waals surface area contributed by atoms with Gasteiger partial charge in [-0.05, 0) is 45.1 Å². The number of carbonyl (C=O) groups excluding carboxylic acids is 2. The van der Waals surface area contributed by atoms with Gasteiger partial charge in [0.2, 0.25) is 5.91 Å². The van der Waals surface area contributed by atoms with Crippen LogP contribution in [0.2, 0.25) is 0 Å². The first-order valence-electron chi connectivity index (χ1n) is 10.5. The van der Waals surface area contributed by atoms with E-state index in [-0.39, 0.29) is 11.8 Å². The van der Waals surface area contributed by atoms with Gasteiger partial charge in [0.05, 0.1) is 12.6 Å². The average Bonchev–Trinajstić information content (AvgIpc) is 3.17. The molecule has 0 aliphatic carbocycles. The summed E-state index contributed by atoms with van der Waals surface area (Å²) in [5.74, 6) is 0.416. The molecule has 7 heteroatoms. The molecule has 1 fully saturated rings. The number of amides is 2. The molecular weight excluding hydrogens is 366 g/mol. The molecule has 0 bridgehead atoms. The fourth-order valence-corrected chi connectivity index (χ4v) is 3.97. The highest BCUT2D eigenvalue weighted by Gasteiger charge is 2.25. The number of aromatic nitrogens is 3. The van der Waals surface area contributed by atoms with Crippen LogP contribution in [-0.4, -0.2) is 62.8 Å². The Bertz CT molecular complexity index is 843. The Morgan fingerprint density at radius 2 is 2.03 bits per heavy atom. The Morgan fingerprint density at radius 3 is 2.76 bits per heavy atom. The summed E-state index contributed by atoms with van der Waals surface area (Å²) >= 11 is 0. The zero-order valence-corrected chi connectivity index (χ0v) is 17.7. The highest BCUT2D eigenvalue weighted by molar-refractivity contribution is 5.91. The molecule has 1 aromatic heterocycles. The molecule has 0 N–H and O–H groups in total. The van der Waals surface area contributed by atoms with E-state index in [1.165, 1.54) is 5.56 Å². The van der Waals surface area contributed by atoms with Gasteiger partial charge in [0.15, 0.2) is 5.69 Å². The quantitative estimate of drug-likeness (QED) is 0.720. The molecule has 2 amide bonds. The molecule has 0 spiro atoms. The standard InChI is InChI=1S/C22H31N5O2/c1-4-25(5-2)22(29)20-16-27(24-23-20)15-19-10-7-11-26(14-19)21(28)13-18-9-6-8-17(3)12-18/h6,8-9,12,16,19H,4-5,7,10-11,13-15H2,1-3H3. The minimum atomic E-state index is -0.0835. The van der Waals surface area contributed by atoms with Crippen molar-refractivity contribution in [1.82, 2.24) is 24.8 Å². The number of aryl methyl sites for hydroxylation is 1. The van der Waals surface area contributed by atoms with Crippen LogP contribution in [0.15, 0.2) is 30.5 Å². The van der Waals surface area contributed by atoms with Crippen LogP contribution in [0, 0.1) is 12.8 Å². The van der Waals surface area contributed by atoms with Crippen molar-refractivity contribution in [2.45, 2.75) is 46.6 Å². The molecule has 2 aromatic rings. The van der Waals surface area contributed by atoms with E-state index in [4.69, 9.17) is 0 Å². The first-order valence-corrected chi connectivity index (χ1v) is 10.5. The van der Waals surface area contributed by atoms with Crippen LogP contribution in [0.25, 0.3) is 0 Å². The van der Waals surface area contributed by atoms with Crippen LogP contribution in [-0.2, 0) is 17.8 Å². The number of likely N-dealkylation sites (tertiary alicyclic amines) is 1. The molecule has 1 unspecified atom stereocenters. The fourth-order valence-electron chi connectivity index (χ4n) is 3.97. The fraction of sp³-hybridized carbons (Fsp3) is 0.545. The molecule has 1 aliphatic heterocycles. The van der Waals surface area contributed by atoms with Crippen molar-refractivity contribution in [3.8, 4) is 0 Å². The summed E-state index contributed by atoms with van der Waals surface area (Å²) in [6, 6.07) is 8.13. The van der Waals surface area contributed by atoms with Crippen molar-refractivity contribution < 1.29 is 9.59 Å². The maximum Gasteiger partial charge on any atom is 0.276 e. The molecule has 156 valence electrons. The number of hydrogen-bond donors (Lipinski definition) is 0. The topological polar surface area (TPSA) is 71.3 Å². The van der Waals surface area contributed by atoms with E-state index in [0.717, 1.165) is 31.5 Å². The summed E-state index contributed by atoms with van der Waals surface area (Å²) in [4.78, 5) is 28.9. The highest BCUT2D eigenvalue weighted by atomic mass is 16.2. The van der Waals surface area contributed by atoms with Crippen LogP contribution in [0.5, 0.6) is 0 Å². The van der Waals surface area contributed by atoms with Crippen molar-refractivity contribution >= 4 is 11.8 Å². The Labute approximate surface area is 172 Å². The number of carbonyl (C=O) groups is 2. The van der Waals surface area contributed by atoms with Gasteiger partial charge in [-0.25, -0.2) is 0 Å². The lowest BCUT2D eigenvalue weighted by molar-refractivity contribution is -0.132. The van der Waals surface area contributed by atoms with Gasteiger partial charge >= 0.3 is 0 Å². The van der Waals surface area contributed by atoms with Gasteiger partial charge in [-0.15, -0.1) is 5.10 Å². The van der Waals surface area contributed by atoms with Crippen molar-refractivity contribution in [2.24, 2.45) is 5.92 Å². The van der Waals surface area contributed by atoms with Crippen molar-refractivity contribution in [3.63, 3.8) is 0 Å². The van der Waals surface area contributed by atoms with Crippen LogP contribution in [0.4, 0.5) is 0 Å². The molecule has 3 rings (SSSR count). The van der Waals surface area contributed by atoms with Crippen molar-refractivity contribution in [1.29, 1.82) is 0 Å². The lowest BCUT2D eigenvalue weighted by Crippen LogP contribution is -2.41. The zero-order valence-electron chi connectivity index (χ0n) is 17.7. The smallest absolute Gasteiger partial charge is 0.276 e. The summed E-state index contributed by atoms with van der Waals surface area (Å²) < 4.78 is 1.75. The number of nitrogens with zero attached hydrogens (tertiary/aromatic N) is 5. The Kier molecular flexibility index (Phi) is 7.01. The number of benzene rings is 1. The highest BCUT2D eigenvalue weighted by Crippen LogP contribution is 2.19. The molecule has 29 heavy (non-hydrogen) atoms. The minimum absolute atomic E-state index is 0.0835. The third-order valence-electron chi connectivity index (χ3n) is 5.56. The van der Waals surface area contributed by atoms with E-state index in [1.807, 2.05) is 43.9 Å². The summed E-state index contributed by atoms with van der Waals surface area (Å²) in [6.45, 7) is 9.47. The third kappa shape index (κ3) is 5.43. The molecular formula is C22H31N5O2. The summed E-state index contributed by atoms with van der Waals surface area (Å²) in [5, 5.41) is 8.20. The Hall–Kier alpha value is -2.70. The van der Waals surface area contributed by atoms with Gasteiger partial charge < -0.3 is 9.80 Å². The first kappa shape index (κ1) is 21.0. The lowest BCUT2D eigenvalue weighted by atomic mass is 9.97. The van der Waals surface area contributed by atoms with Gasteiger partial charge in [0.25, 0.3) is 5.91 Å². The molecule has 2 heterocycles. The normalized spacial score (nSPS) is 16.7. The van der Waals surface area contributed by atoms with Gasteiger partial charge in [-0.3, -0.25) is 14.3 Å². The Balaban J connectivity index is 1.57. The predicted molar refractivity (Wildman–Crippen MR) is 111 cm³/mol. The second-order valence-corrected chi connectivity index (χ2v) is 7.82. The van der Waals surface area contributed by atoms with Crippen LogP contribution in [0.3, 0.4) is 0 Å². The van der Waals surface area contributed by atoms with E-state index in [1.54, 1.807) is 15.8 Å². The second-order valence-electron chi connectivity index (χ2n) is 7.82. The summed E-state index contributed by atoms with van der Waals surface area (Å²) in [6.07, 6.45) is 4.21. The maximum absolute atomic E-state index is 12.8. The average molecular weight is 398 g/mol. The molecule has 0 radical (unpaired) electrons. The molecule has 1 saturated heterocycles. The molecule has 7 nitrogen and oxygen atoms in total. The Morgan fingerprint density at radius 1 is 1.24 bits per heavy atom. The van der Waals surface area contributed by atoms with Crippen LogP contribution in [0.1, 0.15) is 48.3 Å². The monoisotopic (exact) mass is 397 g/mol. The number of hydrogen-bond acceptors (Lipinski definition) is 4. The lowest BCUT2D eigenvalue weighted by Gasteiger charge is -2.32. The minimum Gasteiger partial charge on any atom is -0.342 e. The van der Waals surface area contributed by atoms with E-state index < -0.39 is 0 Å². The van der Waals surface area contributed by atoms with Gasteiger partial charge in [-0.1, -0.05) is 35.0 Å². The van der Waals surface area contributed by atoms with Crippen LogP contribution < -0.4 is 0 Å². The van der Waals surface area contributed by atoms with E-state index in [0.29, 0.717) is 37.7 Å². The van der Waals surface area contributed by atoms with Crippen molar-refractivity contribution in [3.05, 3.63) is 47.3 Å². The largest absolute Gasteiger partial charge is 0.342 e. The van der Waals surface area contributed by atoms with Gasteiger partial charge in [0, 0.05) is 32.7 Å². The zero-order chi connectivity index (χ0) is 20.8. The summed E-state index contributed by atoms with van der Waals surface area (Å²) in [7, 11) is 0. The molecule has 1 atom stereocenters. The van der Waals surface area contributed by atoms with E-state index in [2.05, 4.69) is 16.4 Å². The molecule has 1 aromatic carbocycles. The van der Waals surface area contributed by atoms with Crippen LogP contribution >= 0.6 is 0 Å². The van der Waals surface area contributed by atoms with Gasteiger partial charge in [0.1, 0.15) is 0 Å². The van der Waals surface area contributed by atoms with Gasteiger partial charge in [-0.2, -0.15) is 0 Å². The van der Waals surface area contributed by atoms with E-state index >= 15 is 0 Å². The molecule has 1 aliphatic rings. The second kappa shape index (κ2) is 9.67. The summed E-state index contributed by atoms with van der Waals surface area (Å²) in [5.41, 5.74) is 2.62. The predicted octanol–water partition coefficient (Wildman–Crippen LogP) is 2.55. The van der Waals surface area contributed by atoms with Crippen molar-refractivity contribution in [2.75, 3.05) is 26.2 Å².